The summed E-state index contributed by atoms with van der Waals surface area (Å²) >= 11 is 0. The van der Waals surface area contributed by atoms with Crippen LogP contribution in [0, 0.1) is 0 Å². The quantitative estimate of drug-likeness (QED) is 0.278. The molecule has 3 aromatic rings. The fourth-order valence-electron chi connectivity index (χ4n) is 3.74. The maximum atomic E-state index is 12.8. The normalized spacial score (nSPS) is 14.1. The Hall–Kier alpha value is -3.86. The molecule has 0 unspecified atom stereocenters. The van der Waals surface area contributed by atoms with Crippen LogP contribution >= 0.6 is 0 Å². The lowest BCUT2D eigenvalue weighted by Crippen LogP contribution is -2.23. The van der Waals surface area contributed by atoms with Crippen LogP contribution < -0.4 is 14.8 Å². The van der Waals surface area contributed by atoms with E-state index in [1.54, 1.807) is 24.3 Å². The van der Waals surface area contributed by atoms with Gasteiger partial charge in [0, 0.05) is 0 Å². The number of benzene rings is 3. The van der Waals surface area contributed by atoms with Gasteiger partial charge in [0.25, 0.3) is 5.91 Å². The summed E-state index contributed by atoms with van der Waals surface area (Å²) < 4.78 is 11.8. The molecule has 4 rings (SSSR count). The van der Waals surface area contributed by atoms with Crippen LogP contribution in [0.5, 0.6) is 11.5 Å². The summed E-state index contributed by atoms with van der Waals surface area (Å²) in [6.07, 6.45) is 1.73. The van der Waals surface area contributed by atoms with Crippen molar-refractivity contribution in [3.63, 3.8) is 0 Å². The fraction of sp³-hybridized carbons (Fsp3) is 0.214. The molecule has 1 amide bonds. The monoisotopic (exact) mass is 441 g/mol. The Morgan fingerprint density at radius 3 is 2.15 bits per heavy atom. The summed E-state index contributed by atoms with van der Waals surface area (Å²) in [5.41, 5.74) is 3.75. The third-order valence-corrected chi connectivity index (χ3v) is 5.49. The Balaban J connectivity index is 1.75. The van der Waals surface area contributed by atoms with Gasteiger partial charge < -0.3 is 14.8 Å². The summed E-state index contributed by atoms with van der Waals surface area (Å²) in [5, 5.41) is 2.86. The second kappa shape index (κ2) is 9.33. The molecule has 5 nitrogen and oxygen atoms in total. The van der Waals surface area contributed by atoms with E-state index in [0.29, 0.717) is 22.7 Å². The molecule has 3 aromatic carbocycles. The van der Waals surface area contributed by atoms with Gasteiger partial charge in [-0.1, -0.05) is 58.0 Å². The highest BCUT2D eigenvalue weighted by Crippen LogP contribution is 2.38. The molecule has 0 aromatic heterocycles. The Morgan fingerprint density at radius 2 is 1.52 bits per heavy atom. The van der Waals surface area contributed by atoms with Crippen LogP contribution in [-0.2, 0) is 4.79 Å². The standard InChI is InChI=1S/C28H27NO4/c1-17(2)21-14-19(16-25-27(30)29-23-12-8-9-13-24(23)32-25)15-22(18(3)4)26(21)33-28(31)20-10-6-5-7-11-20/h5-18H,1-4H3,(H,29,30). The number of anilines is 1. The van der Waals surface area contributed by atoms with E-state index in [-0.39, 0.29) is 23.5 Å². The van der Waals surface area contributed by atoms with E-state index in [9.17, 15) is 9.59 Å². The highest BCUT2D eigenvalue weighted by molar-refractivity contribution is 6.08. The number of nitrogens with one attached hydrogen (secondary N) is 1. The first-order valence-electron chi connectivity index (χ1n) is 11.1. The number of rotatable bonds is 5. The fourth-order valence-corrected chi connectivity index (χ4v) is 3.74. The minimum atomic E-state index is -0.392. The van der Waals surface area contributed by atoms with Crippen molar-refractivity contribution in [3.05, 3.63) is 94.7 Å². The zero-order chi connectivity index (χ0) is 23.5. The topological polar surface area (TPSA) is 64.6 Å². The van der Waals surface area contributed by atoms with Crippen molar-refractivity contribution < 1.29 is 19.1 Å². The lowest BCUT2D eigenvalue weighted by atomic mass is 9.91. The second-order valence-corrected chi connectivity index (χ2v) is 8.65. The lowest BCUT2D eigenvalue weighted by molar-refractivity contribution is -0.115. The molecule has 1 N–H and O–H groups in total. The minimum absolute atomic E-state index is 0.0984. The van der Waals surface area contributed by atoms with Gasteiger partial charge in [-0.15, -0.1) is 0 Å². The minimum Gasteiger partial charge on any atom is -0.449 e. The molecule has 0 spiro atoms. The second-order valence-electron chi connectivity index (χ2n) is 8.65. The van der Waals surface area contributed by atoms with Crippen LogP contribution in [0.4, 0.5) is 5.69 Å². The molecule has 0 fully saturated rings. The van der Waals surface area contributed by atoms with Crippen molar-refractivity contribution in [2.45, 2.75) is 39.5 Å². The number of esters is 1. The molecule has 1 aliphatic heterocycles. The highest BCUT2D eigenvalue weighted by atomic mass is 16.5. The van der Waals surface area contributed by atoms with E-state index >= 15 is 0 Å². The Kier molecular flexibility index (Phi) is 6.31. The average Bonchev–Trinajstić information content (AvgIpc) is 2.80. The van der Waals surface area contributed by atoms with Gasteiger partial charge in [-0.3, -0.25) is 4.79 Å². The van der Waals surface area contributed by atoms with Crippen molar-refractivity contribution in [1.29, 1.82) is 0 Å². The van der Waals surface area contributed by atoms with Crippen molar-refractivity contribution >= 4 is 23.6 Å². The van der Waals surface area contributed by atoms with E-state index < -0.39 is 5.97 Å². The Labute approximate surface area is 194 Å². The Bertz CT molecular complexity index is 1200. The van der Waals surface area contributed by atoms with Gasteiger partial charge in [-0.05, 0) is 71.0 Å². The van der Waals surface area contributed by atoms with Gasteiger partial charge in [0.2, 0.25) is 0 Å². The van der Waals surface area contributed by atoms with E-state index in [4.69, 9.17) is 9.47 Å². The molecule has 33 heavy (non-hydrogen) atoms. The summed E-state index contributed by atoms with van der Waals surface area (Å²) in [6.45, 7) is 8.21. The maximum Gasteiger partial charge on any atom is 0.343 e. The molecule has 0 saturated carbocycles. The van der Waals surface area contributed by atoms with Gasteiger partial charge in [-0.2, -0.15) is 0 Å². The number of para-hydroxylation sites is 2. The lowest BCUT2D eigenvalue weighted by Gasteiger charge is -2.22. The van der Waals surface area contributed by atoms with Gasteiger partial charge in [-0.25, -0.2) is 4.79 Å². The molecular formula is C28H27NO4. The van der Waals surface area contributed by atoms with Gasteiger partial charge in [0.05, 0.1) is 11.3 Å². The van der Waals surface area contributed by atoms with Crippen LogP contribution in [0.15, 0.2) is 72.5 Å². The molecule has 0 bridgehead atoms. The van der Waals surface area contributed by atoms with Crippen LogP contribution in [0.3, 0.4) is 0 Å². The molecular weight excluding hydrogens is 414 g/mol. The number of carbonyl (C=O) groups is 2. The first kappa shape index (κ1) is 22.3. The predicted molar refractivity (Wildman–Crippen MR) is 130 cm³/mol. The summed E-state index contributed by atoms with van der Waals surface area (Å²) in [5.74, 6) is 0.900. The zero-order valence-electron chi connectivity index (χ0n) is 19.2. The number of carbonyl (C=O) groups excluding carboxylic acids is 2. The third-order valence-electron chi connectivity index (χ3n) is 5.49. The zero-order valence-corrected chi connectivity index (χ0v) is 19.2. The van der Waals surface area contributed by atoms with Crippen molar-refractivity contribution in [3.8, 4) is 11.5 Å². The van der Waals surface area contributed by atoms with Crippen LogP contribution in [0.2, 0.25) is 0 Å². The first-order chi connectivity index (χ1) is 15.8. The van der Waals surface area contributed by atoms with Crippen molar-refractivity contribution in [2.75, 3.05) is 5.32 Å². The maximum absolute atomic E-state index is 12.8. The van der Waals surface area contributed by atoms with Crippen LogP contribution in [-0.4, -0.2) is 11.9 Å². The molecule has 1 aliphatic rings. The molecule has 1 heterocycles. The Morgan fingerprint density at radius 1 is 0.909 bits per heavy atom. The summed E-state index contributed by atoms with van der Waals surface area (Å²) in [4.78, 5) is 25.4. The van der Waals surface area contributed by atoms with E-state index in [1.807, 2.05) is 48.5 Å². The highest BCUT2D eigenvalue weighted by Gasteiger charge is 2.24. The number of hydrogen-bond acceptors (Lipinski definition) is 4. The first-order valence-corrected chi connectivity index (χ1v) is 11.1. The summed E-state index contributed by atoms with van der Waals surface area (Å²) in [7, 11) is 0. The van der Waals surface area contributed by atoms with Crippen LogP contribution in [0.25, 0.3) is 6.08 Å². The van der Waals surface area contributed by atoms with Crippen LogP contribution in [0.1, 0.15) is 66.6 Å². The third kappa shape index (κ3) is 4.82. The average molecular weight is 442 g/mol. The largest absolute Gasteiger partial charge is 0.449 e. The number of ether oxygens (including phenoxy) is 2. The molecule has 0 saturated heterocycles. The number of hydrogen-bond donors (Lipinski definition) is 1. The SMILES string of the molecule is CC(C)c1cc(C=C2Oc3ccccc3NC2=O)cc(C(C)C)c1OC(=O)c1ccccc1. The van der Waals surface area contributed by atoms with E-state index in [0.717, 1.165) is 16.7 Å². The molecule has 0 aliphatic carbocycles. The van der Waals surface area contributed by atoms with Gasteiger partial charge >= 0.3 is 5.97 Å². The van der Waals surface area contributed by atoms with E-state index in [1.165, 1.54) is 0 Å². The van der Waals surface area contributed by atoms with Gasteiger partial charge in [0.15, 0.2) is 11.5 Å². The van der Waals surface area contributed by atoms with Crippen molar-refractivity contribution in [1.82, 2.24) is 0 Å². The summed E-state index contributed by atoms with van der Waals surface area (Å²) in [6, 6.07) is 20.2. The molecule has 0 atom stereocenters. The number of fused-ring (bicyclic) bond motifs is 1. The van der Waals surface area contributed by atoms with E-state index in [2.05, 4.69) is 33.0 Å². The molecule has 168 valence electrons. The molecule has 5 heteroatoms. The van der Waals surface area contributed by atoms with Gasteiger partial charge in [0.1, 0.15) is 5.75 Å². The number of amides is 1. The molecule has 0 radical (unpaired) electrons. The smallest absolute Gasteiger partial charge is 0.343 e. The predicted octanol–water partition coefficient (Wildman–Crippen LogP) is 6.52. The van der Waals surface area contributed by atoms with Crippen molar-refractivity contribution in [2.24, 2.45) is 0 Å².